The molecule has 2 aliphatic rings. The van der Waals surface area contributed by atoms with Gasteiger partial charge in [-0.2, -0.15) is 0 Å². The van der Waals surface area contributed by atoms with Crippen molar-refractivity contribution in [2.75, 3.05) is 6.54 Å². The van der Waals surface area contributed by atoms with Gasteiger partial charge in [-0.05, 0) is 19.8 Å². The van der Waals surface area contributed by atoms with Crippen molar-refractivity contribution in [3.63, 3.8) is 0 Å². The molecule has 4 unspecified atom stereocenters. The summed E-state index contributed by atoms with van der Waals surface area (Å²) in [5, 5.41) is 4.31. The van der Waals surface area contributed by atoms with Gasteiger partial charge in [0.15, 0.2) is 0 Å². The second-order valence-electron chi connectivity index (χ2n) is 3.62. The largest absolute Gasteiger partial charge is 0.312 e. The summed E-state index contributed by atoms with van der Waals surface area (Å²) in [7, 11) is -0.553. The fourth-order valence-electron chi connectivity index (χ4n) is 2.14. The van der Waals surface area contributed by atoms with Crippen LogP contribution in [0.15, 0.2) is 0 Å². The smallest absolute Gasteiger partial charge is 0.0504 e. The van der Waals surface area contributed by atoms with Crippen LogP contribution in [0.4, 0.5) is 0 Å². The van der Waals surface area contributed by atoms with Crippen molar-refractivity contribution in [1.29, 1.82) is 0 Å². The van der Waals surface area contributed by atoms with Crippen LogP contribution in [0.3, 0.4) is 0 Å². The van der Waals surface area contributed by atoms with Gasteiger partial charge in [-0.15, -0.1) is 0 Å². The molecule has 3 heteroatoms. The number of hydrogen-bond donors (Lipinski definition) is 1. The molecule has 2 fully saturated rings. The topological polar surface area (TPSA) is 29.1 Å². The lowest BCUT2D eigenvalue weighted by Gasteiger charge is -2.30. The third-order valence-electron chi connectivity index (χ3n) is 2.82. The molecule has 1 heterocycles. The third kappa shape index (κ3) is 1.25. The summed E-state index contributed by atoms with van der Waals surface area (Å²) in [5.74, 6) is 0. The first-order valence-electron chi connectivity index (χ1n) is 4.42. The van der Waals surface area contributed by atoms with E-state index in [0.29, 0.717) is 16.5 Å². The summed E-state index contributed by atoms with van der Waals surface area (Å²) >= 11 is 0. The minimum Gasteiger partial charge on any atom is -0.312 e. The van der Waals surface area contributed by atoms with E-state index in [1.807, 2.05) is 0 Å². The molecule has 0 aromatic rings. The summed E-state index contributed by atoms with van der Waals surface area (Å²) in [6, 6.07) is 0.576. The number of nitrogens with one attached hydrogen (secondary N) is 1. The van der Waals surface area contributed by atoms with Crippen LogP contribution in [0.25, 0.3) is 0 Å². The molecule has 0 aromatic heterocycles. The van der Waals surface area contributed by atoms with Crippen molar-refractivity contribution < 1.29 is 4.21 Å². The highest BCUT2D eigenvalue weighted by molar-refractivity contribution is 7.86. The van der Waals surface area contributed by atoms with Gasteiger partial charge in [0.05, 0.1) is 5.25 Å². The summed E-state index contributed by atoms with van der Waals surface area (Å²) in [4.78, 5) is 0. The molecule has 4 atom stereocenters. The van der Waals surface area contributed by atoms with Gasteiger partial charge < -0.3 is 5.32 Å². The second kappa shape index (κ2) is 2.87. The van der Waals surface area contributed by atoms with Gasteiger partial charge in [0.2, 0.25) is 0 Å². The van der Waals surface area contributed by atoms with Crippen molar-refractivity contribution in [2.45, 2.75) is 42.7 Å². The fraction of sp³-hybridized carbons (Fsp3) is 1.00. The Labute approximate surface area is 70.2 Å². The van der Waals surface area contributed by atoms with Crippen LogP contribution in [0.2, 0.25) is 0 Å². The van der Waals surface area contributed by atoms with Gasteiger partial charge in [-0.25, -0.2) is 0 Å². The van der Waals surface area contributed by atoms with Gasteiger partial charge >= 0.3 is 0 Å². The zero-order valence-electron chi connectivity index (χ0n) is 6.88. The molecule has 1 aliphatic heterocycles. The van der Waals surface area contributed by atoms with E-state index in [1.165, 1.54) is 19.3 Å². The van der Waals surface area contributed by atoms with Gasteiger partial charge in [0, 0.05) is 28.6 Å². The molecule has 0 spiro atoms. The van der Waals surface area contributed by atoms with Crippen LogP contribution in [0.1, 0.15) is 26.2 Å². The zero-order valence-corrected chi connectivity index (χ0v) is 7.69. The van der Waals surface area contributed by atoms with Gasteiger partial charge in [-0.1, -0.05) is 6.42 Å². The van der Waals surface area contributed by atoms with E-state index in [2.05, 4.69) is 12.2 Å². The molecular formula is C8H15NOS. The highest BCUT2D eigenvalue weighted by Crippen LogP contribution is 2.28. The maximum absolute atomic E-state index is 11.7. The Bertz CT molecular complexity index is 183. The van der Waals surface area contributed by atoms with E-state index in [-0.39, 0.29) is 0 Å². The average Bonchev–Trinajstić information content (AvgIpc) is 2.45. The van der Waals surface area contributed by atoms with Crippen LogP contribution in [-0.4, -0.2) is 27.3 Å². The molecule has 11 heavy (non-hydrogen) atoms. The molecule has 1 aliphatic carbocycles. The molecule has 1 saturated carbocycles. The minimum atomic E-state index is -0.553. The van der Waals surface area contributed by atoms with E-state index in [4.69, 9.17) is 0 Å². The Balaban J connectivity index is 2.12. The zero-order chi connectivity index (χ0) is 7.84. The summed E-state index contributed by atoms with van der Waals surface area (Å²) in [5.41, 5.74) is 0. The van der Waals surface area contributed by atoms with Crippen molar-refractivity contribution in [3.05, 3.63) is 0 Å². The number of hydrogen-bond acceptors (Lipinski definition) is 2. The first kappa shape index (κ1) is 7.74. The first-order valence-corrected chi connectivity index (χ1v) is 5.69. The Kier molecular flexibility index (Phi) is 2.02. The molecule has 1 saturated heterocycles. The molecule has 0 radical (unpaired) electrons. The lowest BCUT2D eigenvalue weighted by molar-refractivity contribution is 0.496. The van der Waals surface area contributed by atoms with Crippen molar-refractivity contribution in [1.82, 2.24) is 5.32 Å². The average molecular weight is 173 g/mol. The normalized spacial score (nSPS) is 50.6. The molecular weight excluding hydrogens is 158 g/mol. The molecule has 64 valence electrons. The monoisotopic (exact) mass is 173 g/mol. The van der Waals surface area contributed by atoms with Crippen LogP contribution in [0, 0.1) is 0 Å². The van der Waals surface area contributed by atoms with Crippen LogP contribution in [0.5, 0.6) is 0 Å². The molecule has 2 rings (SSSR count). The van der Waals surface area contributed by atoms with E-state index < -0.39 is 10.8 Å². The van der Waals surface area contributed by atoms with Gasteiger partial charge in [0.25, 0.3) is 0 Å². The Morgan fingerprint density at radius 1 is 1.45 bits per heavy atom. The van der Waals surface area contributed by atoms with E-state index in [1.54, 1.807) is 0 Å². The highest BCUT2D eigenvalue weighted by atomic mass is 32.2. The predicted octanol–water partition coefficient (Wildman–Crippen LogP) is 0.648. The minimum absolute atomic E-state index is 0.370. The van der Waals surface area contributed by atoms with Crippen molar-refractivity contribution >= 4 is 10.8 Å². The van der Waals surface area contributed by atoms with Crippen molar-refractivity contribution in [2.24, 2.45) is 0 Å². The highest BCUT2D eigenvalue weighted by Gasteiger charge is 2.37. The molecule has 0 bridgehead atoms. The molecule has 1 N–H and O–H groups in total. The van der Waals surface area contributed by atoms with Crippen LogP contribution in [-0.2, 0) is 10.8 Å². The Morgan fingerprint density at radius 3 is 3.09 bits per heavy atom. The van der Waals surface area contributed by atoms with Crippen LogP contribution < -0.4 is 5.32 Å². The third-order valence-corrected chi connectivity index (χ3v) is 4.94. The van der Waals surface area contributed by atoms with Gasteiger partial charge in [0.1, 0.15) is 0 Å². The lowest BCUT2D eigenvalue weighted by Crippen LogP contribution is -2.50. The van der Waals surface area contributed by atoms with Gasteiger partial charge in [-0.3, -0.25) is 4.21 Å². The maximum Gasteiger partial charge on any atom is 0.0504 e. The fourth-order valence-corrected chi connectivity index (χ4v) is 3.95. The molecule has 0 aromatic carbocycles. The first-order chi connectivity index (χ1) is 5.29. The summed E-state index contributed by atoms with van der Waals surface area (Å²) in [6.07, 6.45) is 3.68. The van der Waals surface area contributed by atoms with E-state index >= 15 is 0 Å². The van der Waals surface area contributed by atoms with E-state index in [9.17, 15) is 4.21 Å². The predicted molar refractivity (Wildman–Crippen MR) is 47.0 cm³/mol. The van der Waals surface area contributed by atoms with Crippen molar-refractivity contribution in [3.8, 4) is 0 Å². The number of rotatable bonds is 0. The second-order valence-corrected chi connectivity index (χ2v) is 5.69. The van der Waals surface area contributed by atoms with Crippen LogP contribution >= 0.6 is 0 Å². The summed E-state index contributed by atoms with van der Waals surface area (Å²) in [6.45, 7) is 3.03. The molecule has 2 nitrogen and oxygen atoms in total. The lowest BCUT2D eigenvalue weighted by atomic mass is 10.2. The maximum atomic E-state index is 11.7. The van der Waals surface area contributed by atoms with E-state index in [0.717, 1.165) is 6.54 Å². The SMILES string of the molecule is CC1CNC2CCCC2S1=O. The standard InChI is InChI=1S/C8H15NOS/c1-6-5-9-7-3-2-4-8(7)11(6)10/h6-9H,2-5H2,1H3. The number of fused-ring (bicyclic) bond motifs is 1. The quantitative estimate of drug-likeness (QED) is 0.582. The summed E-state index contributed by atoms with van der Waals surface area (Å²) < 4.78 is 11.7. The Morgan fingerprint density at radius 2 is 2.27 bits per heavy atom. The Hall–Kier alpha value is 0.110. The molecule has 0 amide bonds.